The van der Waals surface area contributed by atoms with Crippen molar-refractivity contribution < 1.29 is 10.0 Å². The summed E-state index contributed by atoms with van der Waals surface area (Å²) in [6.07, 6.45) is 7.41. The van der Waals surface area contributed by atoms with Crippen LogP contribution in [0.3, 0.4) is 0 Å². The first-order valence-electron chi connectivity index (χ1n) is 8.36. The van der Waals surface area contributed by atoms with E-state index in [1.807, 2.05) is 0 Å². The minimum absolute atomic E-state index is 0.315. The van der Waals surface area contributed by atoms with Gasteiger partial charge in [-0.2, -0.15) is 0 Å². The molecular weight excluding hydrogens is 300 g/mol. The van der Waals surface area contributed by atoms with Gasteiger partial charge < -0.3 is 4.90 Å². The van der Waals surface area contributed by atoms with Crippen LogP contribution in [-0.2, 0) is 4.79 Å². The topological polar surface area (TPSA) is 52.6 Å². The molecule has 0 unspecified atom stereocenters. The number of rotatable bonds is 6. The van der Waals surface area contributed by atoms with Crippen LogP contribution in [0.5, 0.6) is 0 Å². The lowest BCUT2D eigenvalue weighted by Crippen LogP contribution is -2.20. The number of nitrogens with zero attached hydrogens (tertiary/aromatic N) is 1. The van der Waals surface area contributed by atoms with Crippen molar-refractivity contribution in [3.8, 4) is 0 Å². The molecule has 0 aliphatic carbocycles. The second kappa shape index (κ2) is 7.79. The molecule has 0 saturated heterocycles. The van der Waals surface area contributed by atoms with Crippen LogP contribution in [0.4, 0.5) is 11.4 Å². The third-order valence-corrected chi connectivity index (χ3v) is 4.31. The standard InChI is InChI=1S/C20H22N2O2/c23-20(21-24)12-2-1-7-15-22-18-10-5-3-8-16(18)13-14-17-9-4-6-11-19(17)22/h3-6,8-11,13-14,24H,1-2,7,12,15H2,(H,21,23). The van der Waals surface area contributed by atoms with Crippen LogP contribution in [0.25, 0.3) is 12.2 Å². The Morgan fingerprint density at radius 2 is 1.46 bits per heavy atom. The smallest absolute Gasteiger partial charge is 0.243 e. The maximum absolute atomic E-state index is 11.1. The Kier molecular flexibility index (Phi) is 5.29. The molecule has 0 aromatic heterocycles. The summed E-state index contributed by atoms with van der Waals surface area (Å²) in [6.45, 7) is 0.899. The Bertz CT molecular complexity index is 690. The van der Waals surface area contributed by atoms with Gasteiger partial charge in [0, 0.05) is 24.3 Å². The number of unbranched alkanes of at least 4 members (excludes halogenated alkanes) is 2. The van der Waals surface area contributed by atoms with Gasteiger partial charge in [0.25, 0.3) is 0 Å². The van der Waals surface area contributed by atoms with Crippen LogP contribution >= 0.6 is 0 Å². The van der Waals surface area contributed by atoms with E-state index in [9.17, 15) is 4.79 Å². The maximum atomic E-state index is 11.1. The van der Waals surface area contributed by atoms with E-state index in [1.54, 1.807) is 5.48 Å². The number of amides is 1. The Morgan fingerprint density at radius 3 is 2.04 bits per heavy atom. The number of benzene rings is 2. The molecule has 2 aromatic rings. The highest BCUT2D eigenvalue weighted by Crippen LogP contribution is 2.36. The second-order valence-electron chi connectivity index (χ2n) is 5.95. The summed E-state index contributed by atoms with van der Waals surface area (Å²) in [4.78, 5) is 13.4. The number of fused-ring (bicyclic) bond motifs is 2. The highest BCUT2D eigenvalue weighted by Gasteiger charge is 2.16. The summed E-state index contributed by atoms with van der Waals surface area (Å²) in [6, 6.07) is 16.8. The molecular formula is C20H22N2O2. The van der Waals surface area contributed by atoms with E-state index in [2.05, 4.69) is 65.6 Å². The number of para-hydroxylation sites is 2. The molecule has 0 saturated carbocycles. The predicted molar refractivity (Wildman–Crippen MR) is 97.2 cm³/mol. The van der Waals surface area contributed by atoms with Crippen molar-refractivity contribution in [2.75, 3.05) is 11.4 Å². The van der Waals surface area contributed by atoms with Crippen LogP contribution in [-0.4, -0.2) is 17.7 Å². The normalized spacial score (nSPS) is 12.3. The summed E-state index contributed by atoms with van der Waals surface area (Å²) in [5.74, 6) is -0.315. The van der Waals surface area contributed by atoms with Crippen LogP contribution in [0.1, 0.15) is 36.8 Å². The van der Waals surface area contributed by atoms with E-state index in [-0.39, 0.29) is 5.91 Å². The van der Waals surface area contributed by atoms with E-state index in [0.717, 1.165) is 25.8 Å². The van der Waals surface area contributed by atoms with Crippen molar-refractivity contribution in [2.45, 2.75) is 25.7 Å². The third kappa shape index (κ3) is 3.66. The first-order valence-corrected chi connectivity index (χ1v) is 8.36. The average molecular weight is 322 g/mol. The summed E-state index contributed by atoms with van der Waals surface area (Å²) in [5.41, 5.74) is 6.54. The molecule has 0 spiro atoms. The summed E-state index contributed by atoms with van der Waals surface area (Å²) in [5, 5.41) is 8.53. The number of hydroxylamine groups is 1. The van der Waals surface area contributed by atoms with Gasteiger partial charge in [-0.15, -0.1) is 0 Å². The molecule has 0 atom stereocenters. The van der Waals surface area contributed by atoms with Crippen LogP contribution < -0.4 is 10.4 Å². The quantitative estimate of drug-likeness (QED) is 0.471. The average Bonchev–Trinajstić information content (AvgIpc) is 2.78. The number of nitrogens with one attached hydrogen (secondary N) is 1. The molecule has 0 bridgehead atoms. The van der Waals surface area contributed by atoms with E-state index < -0.39 is 0 Å². The van der Waals surface area contributed by atoms with Gasteiger partial charge in [-0.05, 0) is 36.1 Å². The van der Waals surface area contributed by atoms with Crippen molar-refractivity contribution in [2.24, 2.45) is 0 Å². The number of anilines is 2. The second-order valence-corrected chi connectivity index (χ2v) is 5.95. The van der Waals surface area contributed by atoms with Gasteiger partial charge in [0.15, 0.2) is 0 Å². The van der Waals surface area contributed by atoms with Gasteiger partial charge in [0.1, 0.15) is 0 Å². The molecule has 4 nitrogen and oxygen atoms in total. The van der Waals surface area contributed by atoms with Gasteiger partial charge >= 0.3 is 0 Å². The van der Waals surface area contributed by atoms with E-state index in [4.69, 9.17) is 5.21 Å². The van der Waals surface area contributed by atoms with Crippen molar-refractivity contribution >= 4 is 29.4 Å². The van der Waals surface area contributed by atoms with E-state index in [1.165, 1.54) is 22.5 Å². The number of carbonyl (C=O) groups is 1. The fourth-order valence-electron chi connectivity index (χ4n) is 3.09. The summed E-state index contributed by atoms with van der Waals surface area (Å²) in [7, 11) is 0. The molecule has 1 aliphatic rings. The van der Waals surface area contributed by atoms with Gasteiger partial charge in [-0.25, -0.2) is 5.48 Å². The monoisotopic (exact) mass is 322 g/mol. The highest BCUT2D eigenvalue weighted by molar-refractivity contribution is 5.88. The van der Waals surface area contributed by atoms with Crippen LogP contribution in [0.2, 0.25) is 0 Å². The number of hydrogen-bond acceptors (Lipinski definition) is 3. The van der Waals surface area contributed by atoms with E-state index >= 15 is 0 Å². The lowest BCUT2D eigenvalue weighted by Gasteiger charge is -2.27. The fraction of sp³-hybridized carbons (Fsp3) is 0.250. The third-order valence-electron chi connectivity index (χ3n) is 4.31. The van der Waals surface area contributed by atoms with Crippen LogP contribution in [0.15, 0.2) is 48.5 Å². The highest BCUT2D eigenvalue weighted by atomic mass is 16.5. The summed E-state index contributed by atoms with van der Waals surface area (Å²) >= 11 is 0. The Balaban J connectivity index is 1.74. The minimum atomic E-state index is -0.315. The molecule has 124 valence electrons. The number of carbonyl (C=O) groups excluding carboxylic acids is 1. The maximum Gasteiger partial charge on any atom is 0.243 e. The van der Waals surface area contributed by atoms with Gasteiger partial charge in [-0.1, -0.05) is 55.0 Å². The molecule has 24 heavy (non-hydrogen) atoms. The zero-order valence-electron chi connectivity index (χ0n) is 13.6. The molecule has 0 fully saturated rings. The first kappa shape index (κ1) is 16.3. The van der Waals surface area contributed by atoms with Crippen molar-refractivity contribution in [1.29, 1.82) is 0 Å². The molecule has 2 N–H and O–H groups in total. The zero-order chi connectivity index (χ0) is 16.8. The lowest BCUT2D eigenvalue weighted by atomic mass is 10.1. The first-order chi connectivity index (χ1) is 11.8. The van der Waals surface area contributed by atoms with Gasteiger partial charge in [-0.3, -0.25) is 10.0 Å². The minimum Gasteiger partial charge on any atom is -0.341 e. The molecule has 1 aliphatic heterocycles. The van der Waals surface area contributed by atoms with Gasteiger partial charge in [0.05, 0.1) is 0 Å². The molecule has 1 heterocycles. The van der Waals surface area contributed by atoms with Crippen LogP contribution in [0, 0.1) is 0 Å². The molecule has 1 amide bonds. The Morgan fingerprint density at radius 1 is 0.875 bits per heavy atom. The SMILES string of the molecule is O=C(CCCCCN1c2ccccc2C=Cc2ccccc21)NO. The number of hydrogen-bond donors (Lipinski definition) is 2. The molecule has 0 radical (unpaired) electrons. The predicted octanol–water partition coefficient (Wildman–Crippen LogP) is 4.37. The zero-order valence-corrected chi connectivity index (χ0v) is 13.6. The molecule has 4 heteroatoms. The molecule has 3 rings (SSSR count). The van der Waals surface area contributed by atoms with E-state index in [0.29, 0.717) is 6.42 Å². The van der Waals surface area contributed by atoms with Crippen molar-refractivity contribution in [1.82, 2.24) is 5.48 Å². The van der Waals surface area contributed by atoms with Crippen molar-refractivity contribution in [3.05, 3.63) is 59.7 Å². The molecule has 2 aromatic carbocycles. The van der Waals surface area contributed by atoms with Gasteiger partial charge in [0.2, 0.25) is 5.91 Å². The fourth-order valence-corrected chi connectivity index (χ4v) is 3.09. The Hall–Kier alpha value is -2.59. The lowest BCUT2D eigenvalue weighted by molar-refractivity contribution is -0.129. The van der Waals surface area contributed by atoms with Crippen molar-refractivity contribution in [3.63, 3.8) is 0 Å². The Labute approximate surface area is 142 Å². The summed E-state index contributed by atoms with van der Waals surface area (Å²) < 4.78 is 0. The largest absolute Gasteiger partial charge is 0.341 e.